The molecule has 1 saturated heterocycles. The molecule has 1 aromatic heterocycles. The number of aromatic nitrogens is 2. The van der Waals surface area contributed by atoms with Crippen LogP contribution in [-0.2, 0) is 4.79 Å². The van der Waals surface area contributed by atoms with Gasteiger partial charge < -0.3 is 24.0 Å². The molecule has 2 aromatic carbocycles. The van der Waals surface area contributed by atoms with Gasteiger partial charge in [-0.3, -0.25) is 4.79 Å². The van der Waals surface area contributed by atoms with Gasteiger partial charge in [0.25, 0.3) is 5.91 Å². The van der Waals surface area contributed by atoms with Crippen LogP contribution >= 0.6 is 0 Å². The van der Waals surface area contributed by atoms with Crippen molar-refractivity contribution >= 4 is 11.7 Å². The van der Waals surface area contributed by atoms with E-state index >= 15 is 0 Å². The van der Waals surface area contributed by atoms with E-state index in [1.54, 1.807) is 14.0 Å². The second-order valence-electron chi connectivity index (χ2n) is 8.46. The Labute approximate surface area is 206 Å². The zero-order chi connectivity index (χ0) is 24.8. The molecule has 35 heavy (non-hydrogen) atoms. The van der Waals surface area contributed by atoms with Gasteiger partial charge in [0.05, 0.1) is 19.4 Å². The molecule has 1 amide bonds. The van der Waals surface area contributed by atoms with E-state index in [1.807, 2.05) is 73.3 Å². The summed E-state index contributed by atoms with van der Waals surface area (Å²) in [6, 6.07) is 17.5. The fourth-order valence-corrected chi connectivity index (χ4v) is 4.06. The molecule has 0 aliphatic carbocycles. The van der Waals surface area contributed by atoms with E-state index in [1.165, 1.54) is 0 Å². The molecule has 0 bridgehead atoms. The lowest BCUT2D eigenvalue weighted by Gasteiger charge is -2.36. The van der Waals surface area contributed by atoms with Gasteiger partial charge >= 0.3 is 0 Å². The molecule has 1 aliphatic rings. The Morgan fingerprint density at radius 3 is 2.34 bits per heavy atom. The summed E-state index contributed by atoms with van der Waals surface area (Å²) in [6.45, 7) is 8.93. The maximum atomic E-state index is 13.0. The summed E-state index contributed by atoms with van der Waals surface area (Å²) >= 11 is 0. The van der Waals surface area contributed by atoms with Crippen molar-refractivity contribution in [3.8, 4) is 28.5 Å². The Bertz CT molecular complexity index is 1130. The Kier molecular flexibility index (Phi) is 7.70. The Morgan fingerprint density at radius 2 is 1.71 bits per heavy atom. The predicted octanol–water partition coefficient (Wildman–Crippen LogP) is 3.98. The maximum Gasteiger partial charge on any atom is 0.263 e. The van der Waals surface area contributed by atoms with Gasteiger partial charge in [-0.05, 0) is 74.9 Å². The van der Waals surface area contributed by atoms with Crippen LogP contribution < -0.4 is 19.1 Å². The molecular formula is C27H32N4O4. The van der Waals surface area contributed by atoms with E-state index < -0.39 is 6.10 Å². The second-order valence-corrected chi connectivity index (χ2v) is 8.46. The first-order chi connectivity index (χ1) is 17.0. The number of anilines is 1. The number of rotatable bonds is 8. The van der Waals surface area contributed by atoms with Crippen LogP contribution in [0.4, 0.5) is 5.82 Å². The molecular weight excluding hydrogens is 444 g/mol. The molecule has 1 fully saturated rings. The number of piperazine rings is 1. The summed E-state index contributed by atoms with van der Waals surface area (Å²) in [5.41, 5.74) is 2.87. The van der Waals surface area contributed by atoms with Crippen molar-refractivity contribution in [3.05, 3.63) is 60.2 Å². The van der Waals surface area contributed by atoms with E-state index in [0.717, 1.165) is 28.4 Å². The fourth-order valence-electron chi connectivity index (χ4n) is 4.06. The lowest BCUT2D eigenvalue weighted by atomic mass is 10.1. The number of carbonyl (C=O) groups is 1. The second kappa shape index (κ2) is 11.1. The van der Waals surface area contributed by atoms with Crippen molar-refractivity contribution in [3.63, 3.8) is 0 Å². The molecule has 0 saturated carbocycles. The van der Waals surface area contributed by atoms with Crippen LogP contribution in [0.1, 0.15) is 19.4 Å². The van der Waals surface area contributed by atoms with Crippen molar-refractivity contribution in [2.75, 3.05) is 44.8 Å². The standard InChI is InChI=1S/C27H32N4O4/c1-5-34-22-9-7-21(8-10-22)23-11-13-26(29-28-23)30-14-16-31(17-15-30)27(32)20(3)35-24-12-6-19(2)18-25(24)33-4/h6-13,18,20H,5,14-17H2,1-4H3. The van der Waals surface area contributed by atoms with Gasteiger partial charge in [-0.25, -0.2) is 0 Å². The lowest BCUT2D eigenvalue weighted by Crippen LogP contribution is -2.52. The highest BCUT2D eigenvalue weighted by Crippen LogP contribution is 2.29. The summed E-state index contributed by atoms with van der Waals surface area (Å²) in [6.07, 6.45) is -0.605. The van der Waals surface area contributed by atoms with Gasteiger partial charge in [-0.1, -0.05) is 6.07 Å². The molecule has 0 radical (unpaired) electrons. The zero-order valence-electron chi connectivity index (χ0n) is 20.7. The van der Waals surface area contributed by atoms with E-state index in [9.17, 15) is 4.79 Å². The summed E-state index contributed by atoms with van der Waals surface area (Å²) in [7, 11) is 1.60. The van der Waals surface area contributed by atoms with Gasteiger partial charge in [0.1, 0.15) is 5.75 Å². The average molecular weight is 477 g/mol. The van der Waals surface area contributed by atoms with E-state index in [-0.39, 0.29) is 5.91 Å². The molecule has 8 nitrogen and oxygen atoms in total. The van der Waals surface area contributed by atoms with Crippen LogP contribution in [0.5, 0.6) is 17.2 Å². The highest BCUT2D eigenvalue weighted by Gasteiger charge is 2.27. The van der Waals surface area contributed by atoms with Crippen LogP contribution in [-0.4, -0.2) is 67.0 Å². The molecule has 8 heteroatoms. The van der Waals surface area contributed by atoms with Crippen LogP contribution in [0.25, 0.3) is 11.3 Å². The number of benzene rings is 2. The SMILES string of the molecule is CCOc1ccc(-c2ccc(N3CCN(C(=O)C(C)Oc4ccc(C)cc4OC)CC3)nn2)cc1. The molecule has 4 rings (SSSR count). The number of amides is 1. The number of methoxy groups -OCH3 is 1. The van der Waals surface area contributed by atoms with Gasteiger partial charge in [-0.2, -0.15) is 0 Å². The molecule has 3 aromatic rings. The monoisotopic (exact) mass is 476 g/mol. The first kappa shape index (κ1) is 24.3. The molecule has 1 aliphatic heterocycles. The maximum absolute atomic E-state index is 13.0. The van der Waals surface area contributed by atoms with Crippen LogP contribution in [0, 0.1) is 6.92 Å². The normalized spacial score (nSPS) is 14.4. The highest BCUT2D eigenvalue weighted by molar-refractivity contribution is 5.81. The largest absolute Gasteiger partial charge is 0.494 e. The van der Waals surface area contributed by atoms with Crippen LogP contribution in [0.2, 0.25) is 0 Å². The Hall–Kier alpha value is -3.81. The average Bonchev–Trinajstić information content (AvgIpc) is 2.90. The first-order valence-electron chi connectivity index (χ1n) is 11.9. The van der Waals surface area contributed by atoms with Crippen molar-refractivity contribution in [1.29, 1.82) is 0 Å². The number of nitrogens with zero attached hydrogens (tertiary/aromatic N) is 4. The third-order valence-corrected chi connectivity index (χ3v) is 6.00. The van der Waals surface area contributed by atoms with Gasteiger partial charge in [0.15, 0.2) is 23.4 Å². The number of ether oxygens (including phenoxy) is 3. The van der Waals surface area contributed by atoms with Crippen LogP contribution in [0.3, 0.4) is 0 Å². The van der Waals surface area contributed by atoms with Crippen molar-refractivity contribution in [1.82, 2.24) is 15.1 Å². The first-order valence-corrected chi connectivity index (χ1v) is 11.9. The zero-order valence-corrected chi connectivity index (χ0v) is 20.7. The summed E-state index contributed by atoms with van der Waals surface area (Å²) in [4.78, 5) is 17.0. The van der Waals surface area contributed by atoms with E-state index in [0.29, 0.717) is 44.3 Å². The van der Waals surface area contributed by atoms with E-state index in [2.05, 4.69) is 15.1 Å². The van der Waals surface area contributed by atoms with Gasteiger partial charge in [0.2, 0.25) is 0 Å². The lowest BCUT2D eigenvalue weighted by molar-refractivity contribution is -0.138. The Balaban J connectivity index is 1.32. The smallest absolute Gasteiger partial charge is 0.263 e. The summed E-state index contributed by atoms with van der Waals surface area (Å²) in [5, 5.41) is 8.83. The Morgan fingerprint density at radius 1 is 0.971 bits per heavy atom. The van der Waals surface area contributed by atoms with Crippen molar-refractivity contribution in [2.45, 2.75) is 26.9 Å². The van der Waals surface area contributed by atoms with Crippen molar-refractivity contribution < 1.29 is 19.0 Å². The number of hydrogen-bond acceptors (Lipinski definition) is 7. The minimum Gasteiger partial charge on any atom is -0.494 e. The van der Waals surface area contributed by atoms with Gasteiger partial charge in [0, 0.05) is 31.7 Å². The fraction of sp³-hybridized carbons (Fsp3) is 0.370. The third kappa shape index (κ3) is 5.82. The van der Waals surface area contributed by atoms with Crippen molar-refractivity contribution in [2.24, 2.45) is 0 Å². The quantitative estimate of drug-likeness (QED) is 0.487. The summed E-state index contributed by atoms with van der Waals surface area (Å²) < 4.78 is 16.8. The van der Waals surface area contributed by atoms with Crippen LogP contribution in [0.15, 0.2) is 54.6 Å². The third-order valence-electron chi connectivity index (χ3n) is 6.00. The topological polar surface area (TPSA) is 77.0 Å². The molecule has 0 N–H and O–H groups in total. The molecule has 0 spiro atoms. The summed E-state index contributed by atoms with van der Waals surface area (Å²) in [5.74, 6) is 2.80. The molecule has 1 atom stereocenters. The molecule has 184 valence electrons. The van der Waals surface area contributed by atoms with E-state index in [4.69, 9.17) is 14.2 Å². The number of carbonyl (C=O) groups excluding carboxylic acids is 1. The molecule has 2 heterocycles. The minimum atomic E-state index is -0.605. The number of hydrogen-bond donors (Lipinski definition) is 0. The minimum absolute atomic E-state index is 0.0378. The van der Waals surface area contributed by atoms with Gasteiger partial charge in [-0.15, -0.1) is 10.2 Å². The number of aryl methyl sites for hydroxylation is 1. The predicted molar refractivity (Wildman–Crippen MR) is 135 cm³/mol. The molecule has 1 unspecified atom stereocenters. The highest BCUT2D eigenvalue weighted by atomic mass is 16.5.